The molecule has 1 aliphatic heterocycles. The van der Waals surface area contributed by atoms with Crippen molar-refractivity contribution in [2.24, 2.45) is 0 Å². The van der Waals surface area contributed by atoms with Crippen LogP contribution < -0.4 is 14.8 Å². The first-order valence-corrected chi connectivity index (χ1v) is 7.21. The van der Waals surface area contributed by atoms with Gasteiger partial charge in [0.05, 0.1) is 11.1 Å². The van der Waals surface area contributed by atoms with Gasteiger partial charge in [-0.1, -0.05) is 11.6 Å². The molecular formula is C13H13ClN2O2S. The molecule has 1 unspecified atom stereocenters. The van der Waals surface area contributed by atoms with Crippen molar-refractivity contribution in [3.8, 4) is 11.5 Å². The highest BCUT2D eigenvalue weighted by Gasteiger charge is 2.21. The fraction of sp³-hybridized carbons (Fsp3) is 0.308. The molecule has 0 amide bonds. The summed E-state index contributed by atoms with van der Waals surface area (Å²) in [5, 5.41) is 6.77. The topological polar surface area (TPSA) is 43.4 Å². The van der Waals surface area contributed by atoms with Crippen molar-refractivity contribution in [3.05, 3.63) is 39.3 Å². The number of nitrogens with zero attached hydrogens (tertiary/aromatic N) is 1. The third kappa shape index (κ3) is 2.41. The third-order valence-electron chi connectivity index (χ3n) is 2.94. The molecule has 100 valence electrons. The van der Waals surface area contributed by atoms with E-state index in [4.69, 9.17) is 21.1 Å². The van der Waals surface area contributed by atoms with Crippen LogP contribution in [0.5, 0.6) is 11.5 Å². The number of rotatable bonds is 3. The van der Waals surface area contributed by atoms with Gasteiger partial charge in [-0.25, -0.2) is 4.98 Å². The van der Waals surface area contributed by atoms with Crippen LogP contribution in [-0.2, 0) is 0 Å². The number of nitrogens with one attached hydrogen (secondary N) is 1. The molecule has 0 saturated heterocycles. The molecule has 0 bridgehead atoms. The Bertz CT molecular complexity index is 574. The zero-order valence-corrected chi connectivity index (χ0v) is 11.9. The Labute approximate surface area is 120 Å². The molecule has 1 atom stereocenters. The van der Waals surface area contributed by atoms with E-state index in [-0.39, 0.29) is 6.04 Å². The van der Waals surface area contributed by atoms with E-state index in [1.54, 1.807) is 17.5 Å². The summed E-state index contributed by atoms with van der Waals surface area (Å²) in [6.45, 7) is 1.09. The molecule has 2 heterocycles. The summed E-state index contributed by atoms with van der Waals surface area (Å²) >= 11 is 7.86. The highest BCUT2D eigenvalue weighted by molar-refractivity contribution is 7.09. The van der Waals surface area contributed by atoms with Crippen LogP contribution in [0.15, 0.2) is 23.7 Å². The van der Waals surface area contributed by atoms with Crippen LogP contribution in [0.4, 0.5) is 0 Å². The van der Waals surface area contributed by atoms with E-state index in [9.17, 15) is 0 Å². The molecule has 0 spiro atoms. The maximum absolute atomic E-state index is 6.26. The highest BCUT2D eigenvalue weighted by atomic mass is 35.5. The molecule has 19 heavy (non-hydrogen) atoms. The smallest absolute Gasteiger partial charge is 0.179 e. The fourth-order valence-electron chi connectivity index (χ4n) is 2.11. The van der Waals surface area contributed by atoms with Gasteiger partial charge >= 0.3 is 0 Å². The second-order valence-corrected chi connectivity index (χ2v) is 5.45. The van der Waals surface area contributed by atoms with Crippen LogP contribution >= 0.6 is 22.9 Å². The summed E-state index contributed by atoms with van der Waals surface area (Å²) in [6.07, 6.45) is 1.80. The van der Waals surface area contributed by atoms with Gasteiger partial charge in [0.1, 0.15) is 18.2 Å². The zero-order valence-electron chi connectivity index (χ0n) is 10.4. The minimum atomic E-state index is 0.00771. The van der Waals surface area contributed by atoms with Crippen molar-refractivity contribution >= 4 is 22.9 Å². The minimum Gasteiger partial charge on any atom is -0.486 e. The van der Waals surface area contributed by atoms with Crippen LogP contribution in [0.1, 0.15) is 16.6 Å². The average molecular weight is 297 g/mol. The standard InChI is InChI=1S/C13H13ClN2O2S/c1-15-11(13-16-2-5-19-13)8-6-9(14)12-10(7-8)17-3-4-18-12/h2,5-7,11,15H,3-4H2,1H3. The van der Waals surface area contributed by atoms with Crippen LogP contribution in [0.25, 0.3) is 0 Å². The largest absolute Gasteiger partial charge is 0.486 e. The molecule has 1 aromatic carbocycles. The van der Waals surface area contributed by atoms with E-state index < -0.39 is 0 Å². The summed E-state index contributed by atoms with van der Waals surface area (Å²) in [4.78, 5) is 4.35. The molecule has 0 saturated carbocycles. The fourth-order valence-corrected chi connectivity index (χ4v) is 3.15. The molecule has 0 fully saturated rings. The van der Waals surface area contributed by atoms with E-state index in [0.717, 1.165) is 10.6 Å². The first-order chi connectivity index (χ1) is 9.29. The number of hydrogen-bond donors (Lipinski definition) is 1. The molecule has 1 N–H and O–H groups in total. The van der Waals surface area contributed by atoms with Gasteiger partial charge in [-0.05, 0) is 24.7 Å². The van der Waals surface area contributed by atoms with E-state index >= 15 is 0 Å². The number of fused-ring (bicyclic) bond motifs is 1. The number of halogens is 1. The summed E-state index contributed by atoms with van der Waals surface area (Å²) < 4.78 is 11.1. The molecule has 6 heteroatoms. The number of aromatic nitrogens is 1. The second-order valence-electron chi connectivity index (χ2n) is 4.12. The summed E-state index contributed by atoms with van der Waals surface area (Å²) in [7, 11) is 1.90. The molecule has 3 rings (SSSR count). The van der Waals surface area contributed by atoms with E-state index in [0.29, 0.717) is 29.7 Å². The Morgan fingerprint density at radius 3 is 2.95 bits per heavy atom. The molecule has 2 aromatic rings. The zero-order chi connectivity index (χ0) is 13.2. The summed E-state index contributed by atoms with van der Waals surface area (Å²) in [5.74, 6) is 1.33. The van der Waals surface area contributed by atoms with Gasteiger partial charge < -0.3 is 14.8 Å². The molecule has 1 aliphatic rings. The SMILES string of the molecule is CNC(c1cc(Cl)c2c(c1)OCCO2)c1nccs1. The monoisotopic (exact) mass is 296 g/mol. The Balaban J connectivity index is 2.02. The lowest BCUT2D eigenvalue weighted by molar-refractivity contribution is 0.171. The predicted molar refractivity (Wildman–Crippen MR) is 75.5 cm³/mol. The molecule has 0 aliphatic carbocycles. The highest BCUT2D eigenvalue weighted by Crippen LogP contribution is 2.40. The van der Waals surface area contributed by atoms with Crippen LogP contribution in [-0.4, -0.2) is 25.2 Å². The number of ether oxygens (including phenoxy) is 2. The summed E-state index contributed by atoms with van der Waals surface area (Å²) in [5.41, 5.74) is 1.02. The van der Waals surface area contributed by atoms with Crippen molar-refractivity contribution in [1.29, 1.82) is 0 Å². The Morgan fingerprint density at radius 2 is 2.21 bits per heavy atom. The number of benzene rings is 1. The van der Waals surface area contributed by atoms with Crippen molar-refractivity contribution in [2.45, 2.75) is 6.04 Å². The van der Waals surface area contributed by atoms with Crippen molar-refractivity contribution in [3.63, 3.8) is 0 Å². The van der Waals surface area contributed by atoms with E-state index in [2.05, 4.69) is 10.3 Å². The molecular weight excluding hydrogens is 284 g/mol. The van der Waals surface area contributed by atoms with Gasteiger partial charge in [-0.15, -0.1) is 11.3 Å². The Kier molecular flexibility index (Phi) is 3.59. The van der Waals surface area contributed by atoms with Crippen molar-refractivity contribution in [1.82, 2.24) is 10.3 Å². The van der Waals surface area contributed by atoms with Crippen LogP contribution in [0.2, 0.25) is 5.02 Å². The first-order valence-electron chi connectivity index (χ1n) is 5.95. The van der Waals surface area contributed by atoms with Crippen LogP contribution in [0.3, 0.4) is 0 Å². The lowest BCUT2D eigenvalue weighted by Crippen LogP contribution is -2.19. The molecule has 1 aromatic heterocycles. The lowest BCUT2D eigenvalue weighted by Gasteiger charge is -2.22. The normalized spacial score (nSPS) is 15.3. The van der Waals surface area contributed by atoms with Gasteiger partial charge in [0.25, 0.3) is 0 Å². The number of thiazole rings is 1. The van der Waals surface area contributed by atoms with Gasteiger partial charge in [0, 0.05) is 11.6 Å². The van der Waals surface area contributed by atoms with Gasteiger partial charge in [0.2, 0.25) is 0 Å². The quantitative estimate of drug-likeness (QED) is 0.946. The van der Waals surface area contributed by atoms with E-state index in [1.165, 1.54) is 0 Å². The maximum Gasteiger partial charge on any atom is 0.179 e. The molecule has 4 nitrogen and oxygen atoms in total. The van der Waals surface area contributed by atoms with Gasteiger partial charge in [-0.2, -0.15) is 0 Å². The lowest BCUT2D eigenvalue weighted by atomic mass is 10.1. The summed E-state index contributed by atoms with van der Waals surface area (Å²) in [6, 6.07) is 3.87. The maximum atomic E-state index is 6.26. The molecule has 0 radical (unpaired) electrons. The first kappa shape index (κ1) is 12.7. The predicted octanol–water partition coefficient (Wildman–Crippen LogP) is 2.88. The van der Waals surface area contributed by atoms with Crippen molar-refractivity contribution in [2.75, 3.05) is 20.3 Å². The van der Waals surface area contributed by atoms with Gasteiger partial charge in [-0.3, -0.25) is 0 Å². The minimum absolute atomic E-state index is 0.00771. The Hall–Kier alpha value is -1.30. The van der Waals surface area contributed by atoms with E-state index in [1.807, 2.05) is 24.6 Å². The average Bonchev–Trinajstić information content (AvgIpc) is 2.94. The third-order valence-corrected chi connectivity index (χ3v) is 4.06. The van der Waals surface area contributed by atoms with Crippen molar-refractivity contribution < 1.29 is 9.47 Å². The second kappa shape index (κ2) is 5.36. The van der Waals surface area contributed by atoms with Crippen LogP contribution in [0, 0.1) is 0 Å². The number of hydrogen-bond acceptors (Lipinski definition) is 5. The van der Waals surface area contributed by atoms with Gasteiger partial charge in [0.15, 0.2) is 11.5 Å². The Morgan fingerprint density at radius 1 is 1.37 bits per heavy atom.